The molecule has 1 unspecified atom stereocenters. The first-order valence-electron chi connectivity index (χ1n) is 10.5. The summed E-state index contributed by atoms with van der Waals surface area (Å²) in [6, 6.07) is 18.0. The molecule has 8 heteroatoms. The second-order valence-electron chi connectivity index (χ2n) is 7.50. The minimum absolute atomic E-state index is 0.0783. The molecule has 0 radical (unpaired) electrons. The molecule has 0 aliphatic rings. The molecule has 1 aromatic heterocycles. The molecule has 3 rings (SSSR count). The maximum absolute atomic E-state index is 12.4. The van der Waals surface area contributed by atoms with Gasteiger partial charge in [0.2, 0.25) is 10.0 Å². The van der Waals surface area contributed by atoms with Gasteiger partial charge in [-0.15, -0.1) is 0 Å². The summed E-state index contributed by atoms with van der Waals surface area (Å²) in [6.07, 6.45) is 8.28. The average molecular weight is 485 g/mol. The van der Waals surface area contributed by atoms with E-state index in [4.69, 9.17) is 16.7 Å². The molecule has 6 nitrogen and oxygen atoms in total. The summed E-state index contributed by atoms with van der Waals surface area (Å²) < 4.78 is 27.4. The summed E-state index contributed by atoms with van der Waals surface area (Å²) in [5, 5.41) is 9.28. The third-order valence-electron chi connectivity index (χ3n) is 5.18. The summed E-state index contributed by atoms with van der Waals surface area (Å²) in [7, 11) is -3.59. The number of carboxylic acids is 1. The third-order valence-corrected chi connectivity index (χ3v) is 6.91. The molecule has 0 bridgehead atoms. The van der Waals surface area contributed by atoms with Gasteiger partial charge in [-0.25, -0.2) is 17.9 Å². The van der Waals surface area contributed by atoms with Crippen LogP contribution in [-0.4, -0.2) is 31.0 Å². The number of hydrogen-bond acceptors (Lipinski definition) is 4. The molecule has 2 N–H and O–H groups in total. The van der Waals surface area contributed by atoms with Crippen LogP contribution in [0.3, 0.4) is 0 Å². The molecule has 0 spiro atoms. The highest BCUT2D eigenvalue weighted by atomic mass is 35.5. The normalized spacial score (nSPS) is 12.6. The quantitative estimate of drug-likeness (QED) is 0.381. The van der Waals surface area contributed by atoms with Crippen LogP contribution in [0.1, 0.15) is 35.4 Å². The van der Waals surface area contributed by atoms with E-state index in [1.54, 1.807) is 24.4 Å². The monoisotopic (exact) mass is 484 g/mol. The van der Waals surface area contributed by atoms with Gasteiger partial charge in [-0.05, 0) is 66.3 Å². The van der Waals surface area contributed by atoms with E-state index in [0.717, 1.165) is 29.2 Å². The Hall–Kier alpha value is -3.00. The lowest BCUT2D eigenvalue weighted by molar-refractivity contribution is -0.131. The molecule has 33 heavy (non-hydrogen) atoms. The van der Waals surface area contributed by atoms with E-state index >= 15 is 0 Å². The number of nitrogens with one attached hydrogen (secondary N) is 1. The lowest BCUT2D eigenvalue weighted by Gasteiger charge is -2.17. The highest BCUT2D eigenvalue weighted by molar-refractivity contribution is 7.89. The molecule has 1 heterocycles. The van der Waals surface area contributed by atoms with E-state index in [9.17, 15) is 13.2 Å². The lowest BCUT2D eigenvalue weighted by atomic mass is 9.87. The van der Waals surface area contributed by atoms with Crippen LogP contribution < -0.4 is 4.72 Å². The zero-order valence-corrected chi connectivity index (χ0v) is 19.5. The van der Waals surface area contributed by atoms with E-state index in [1.165, 1.54) is 12.1 Å². The number of aromatic nitrogens is 1. The molecular weight excluding hydrogens is 460 g/mol. The van der Waals surface area contributed by atoms with Gasteiger partial charge in [0.25, 0.3) is 0 Å². The van der Waals surface area contributed by atoms with Crippen LogP contribution in [0.2, 0.25) is 5.02 Å². The van der Waals surface area contributed by atoms with Gasteiger partial charge in [0.1, 0.15) is 0 Å². The molecule has 0 aliphatic carbocycles. The molecule has 2 aromatic carbocycles. The second-order valence-corrected chi connectivity index (χ2v) is 9.70. The maximum Gasteiger partial charge on any atom is 0.327 e. The Bertz CT molecular complexity index is 1180. The van der Waals surface area contributed by atoms with Gasteiger partial charge in [-0.2, -0.15) is 0 Å². The minimum atomic E-state index is -3.59. The van der Waals surface area contributed by atoms with Crippen molar-refractivity contribution in [3.05, 3.63) is 107 Å². The van der Waals surface area contributed by atoms with Crippen molar-refractivity contribution in [3.8, 4) is 0 Å². The first-order valence-corrected chi connectivity index (χ1v) is 12.3. The molecule has 0 aliphatic heterocycles. The smallest absolute Gasteiger partial charge is 0.327 e. The highest BCUT2D eigenvalue weighted by Gasteiger charge is 2.15. The van der Waals surface area contributed by atoms with E-state index in [-0.39, 0.29) is 17.4 Å². The number of aliphatic carboxylic acids is 1. The van der Waals surface area contributed by atoms with E-state index < -0.39 is 16.0 Å². The standard InChI is InChI=1S/C25H25ClN2O4S/c26-22-11-13-23(14-12-22)33(31,32)28-17-15-19-7-9-20(10-8-19)24(5-1-2-6-25(29)30)21-4-3-16-27-18-21/h2-4,6-14,16,18,24,28H,1,5,15,17H2,(H,29,30). The van der Waals surface area contributed by atoms with Crippen molar-refractivity contribution in [2.75, 3.05) is 6.54 Å². The number of nitrogens with zero attached hydrogens (tertiary/aromatic N) is 1. The Morgan fingerprint density at radius 1 is 1.06 bits per heavy atom. The summed E-state index contributed by atoms with van der Waals surface area (Å²) in [5.41, 5.74) is 3.16. The van der Waals surface area contributed by atoms with Gasteiger partial charge < -0.3 is 5.11 Å². The molecule has 0 saturated heterocycles. The van der Waals surface area contributed by atoms with Gasteiger partial charge in [-0.1, -0.05) is 48.0 Å². The van der Waals surface area contributed by atoms with Gasteiger partial charge in [-0.3, -0.25) is 4.98 Å². The number of carboxylic acid groups (broad SMARTS) is 1. The van der Waals surface area contributed by atoms with Crippen molar-refractivity contribution in [2.24, 2.45) is 0 Å². The van der Waals surface area contributed by atoms with Crippen molar-refractivity contribution >= 4 is 27.6 Å². The Morgan fingerprint density at radius 2 is 1.79 bits per heavy atom. The zero-order chi connectivity index (χ0) is 23.7. The number of allylic oxidation sites excluding steroid dienone is 1. The Kier molecular flexibility index (Phi) is 8.77. The predicted molar refractivity (Wildman–Crippen MR) is 129 cm³/mol. The summed E-state index contributed by atoms with van der Waals surface area (Å²) >= 11 is 5.82. The molecular formula is C25H25ClN2O4S. The number of pyridine rings is 1. The Morgan fingerprint density at radius 3 is 2.42 bits per heavy atom. The predicted octanol–water partition coefficient (Wildman–Crippen LogP) is 4.81. The first-order chi connectivity index (χ1) is 15.8. The van der Waals surface area contributed by atoms with Gasteiger partial charge >= 0.3 is 5.97 Å². The largest absolute Gasteiger partial charge is 0.478 e. The van der Waals surface area contributed by atoms with Crippen LogP contribution in [0, 0.1) is 0 Å². The third kappa shape index (κ3) is 7.53. The molecule has 0 fully saturated rings. The summed E-state index contributed by atoms with van der Waals surface area (Å²) in [6.45, 7) is 0.274. The van der Waals surface area contributed by atoms with Crippen LogP contribution in [-0.2, 0) is 21.2 Å². The molecule has 172 valence electrons. The van der Waals surface area contributed by atoms with Gasteiger partial charge in [0.15, 0.2) is 0 Å². The Labute approximate surface area is 199 Å². The number of sulfonamides is 1. The summed E-state index contributed by atoms with van der Waals surface area (Å²) in [5.74, 6) is -0.876. The van der Waals surface area contributed by atoms with Crippen LogP contribution in [0.25, 0.3) is 0 Å². The minimum Gasteiger partial charge on any atom is -0.478 e. The fraction of sp³-hybridized carbons (Fsp3) is 0.200. The second kappa shape index (κ2) is 11.7. The molecule has 0 amide bonds. The SMILES string of the molecule is O=C(O)C=CCCC(c1ccc(CCNS(=O)(=O)c2ccc(Cl)cc2)cc1)c1cccnc1. The van der Waals surface area contributed by atoms with Crippen molar-refractivity contribution in [3.63, 3.8) is 0 Å². The van der Waals surface area contributed by atoms with Crippen LogP contribution in [0.15, 0.2) is 90.1 Å². The van der Waals surface area contributed by atoms with Crippen LogP contribution >= 0.6 is 11.6 Å². The lowest BCUT2D eigenvalue weighted by Crippen LogP contribution is -2.25. The highest BCUT2D eigenvalue weighted by Crippen LogP contribution is 2.29. The number of halogens is 1. The zero-order valence-electron chi connectivity index (χ0n) is 17.9. The number of benzene rings is 2. The number of rotatable bonds is 11. The van der Waals surface area contributed by atoms with Gasteiger partial charge in [0, 0.05) is 36.0 Å². The maximum atomic E-state index is 12.4. The van der Waals surface area contributed by atoms with E-state index in [2.05, 4.69) is 9.71 Å². The molecule has 0 saturated carbocycles. The number of hydrogen-bond donors (Lipinski definition) is 2. The van der Waals surface area contributed by atoms with E-state index in [1.807, 2.05) is 42.6 Å². The van der Waals surface area contributed by atoms with Crippen molar-refractivity contribution in [1.29, 1.82) is 0 Å². The van der Waals surface area contributed by atoms with E-state index in [0.29, 0.717) is 17.9 Å². The fourth-order valence-corrected chi connectivity index (χ4v) is 4.66. The topological polar surface area (TPSA) is 96.4 Å². The molecule has 3 aromatic rings. The van der Waals surface area contributed by atoms with Crippen molar-refractivity contribution in [2.45, 2.75) is 30.1 Å². The number of carbonyl (C=O) groups is 1. The molecule has 1 atom stereocenters. The van der Waals surface area contributed by atoms with Crippen molar-refractivity contribution < 1.29 is 18.3 Å². The Balaban J connectivity index is 1.63. The average Bonchev–Trinajstić information content (AvgIpc) is 2.80. The first kappa shape index (κ1) is 24.6. The summed E-state index contributed by atoms with van der Waals surface area (Å²) in [4.78, 5) is 15.1. The fourth-order valence-electron chi connectivity index (χ4n) is 3.50. The van der Waals surface area contributed by atoms with Gasteiger partial charge in [0.05, 0.1) is 4.90 Å². The van der Waals surface area contributed by atoms with Crippen LogP contribution in [0.5, 0.6) is 0 Å². The van der Waals surface area contributed by atoms with Crippen molar-refractivity contribution in [1.82, 2.24) is 9.71 Å². The van der Waals surface area contributed by atoms with Crippen LogP contribution in [0.4, 0.5) is 0 Å².